The maximum Gasteiger partial charge on any atom is 0.416 e. The minimum Gasteiger partial charge on any atom is -0.349 e. The topological polar surface area (TPSA) is 32.3 Å². The summed E-state index contributed by atoms with van der Waals surface area (Å²) in [6, 6.07) is 2.81. The van der Waals surface area contributed by atoms with Gasteiger partial charge in [0.15, 0.2) is 0 Å². The molecule has 1 N–H and O–H groups in total. The molecule has 0 aliphatic carbocycles. The van der Waals surface area contributed by atoms with E-state index in [1.54, 1.807) is 0 Å². The lowest BCUT2D eigenvalue weighted by molar-refractivity contribution is -0.137. The Bertz CT molecular complexity index is 603. The average Bonchev–Trinajstić information content (AvgIpc) is 2.45. The van der Waals surface area contributed by atoms with Crippen LogP contribution in [0.1, 0.15) is 49.5 Å². The SMILES string of the molecule is CC(C)(C)N1CCC(NC(=O)c2ccc(C(F)(F)F)cc2Cl)CC1. The van der Waals surface area contributed by atoms with Crippen LogP contribution in [0.4, 0.5) is 13.2 Å². The number of hydrogen-bond donors (Lipinski definition) is 1. The molecule has 134 valence electrons. The molecule has 1 aromatic rings. The Morgan fingerprint density at radius 2 is 1.79 bits per heavy atom. The van der Waals surface area contributed by atoms with Crippen molar-refractivity contribution in [3.05, 3.63) is 34.3 Å². The number of halogens is 4. The normalized spacial score (nSPS) is 17.8. The van der Waals surface area contributed by atoms with Gasteiger partial charge in [0.2, 0.25) is 0 Å². The van der Waals surface area contributed by atoms with Crippen molar-refractivity contribution in [1.29, 1.82) is 0 Å². The zero-order valence-corrected chi connectivity index (χ0v) is 14.8. The van der Waals surface area contributed by atoms with Gasteiger partial charge in [-0.2, -0.15) is 13.2 Å². The number of nitrogens with one attached hydrogen (secondary N) is 1. The van der Waals surface area contributed by atoms with Crippen molar-refractivity contribution >= 4 is 17.5 Å². The Kier molecular flexibility index (Phi) is 5.50. The Morgan fingerprint density at radius 3 is 2.25 bits per heavy atom. The van der Waals surface area contributed by atoms with Crippen molar-refractivity contribution in [3.8, 4) is 0 Å². The number of carbonyl (C=O) groups is 1. The number of alkyl halides is 3. The van der Waals surface area contributed by atoms with E-state index in [0.29, 0.717) is 0 Å². The van der Waals surface area contributed by atoms with Crippen LogP contribution in [0.5, 0.6) is 0 Å². The molecule has 1 fully saturated rings. The maximum absolute atomic E-state index is 12.6. The van der Waals surface area contributed by atoms with Gasteiger partial charge in [-0.3, -0.25) is 9.69 Å². The number of amides is 1. The van der Waals surface area contributed by atoms with Crippen molar-refractivity contribution in [1.82, 2.24) is 10.2 Å². The van der Waals surface area contributed by atoms with E-state index in [0.717, 1.165) is 44.1 Å². The average molecular weight is 363 g/mol. The summed E-state index contributed by atoms with van der Waals surface area (Å²) in [4.78, 5) is 14.6. The third kappa shape index (κ3) is 4.63. The molecule has 3 nitrogen and oxygen atoms in total. The number of carbonyl (C=O) groups excluding carboxylic acids is 1. The first-order valence-electron chi connectivity index (χ1n) is 7.91. The summed E-state index contributed by atoms with van der Waals surface area (Å²) in [5.41, 5.74) is -0.698. The van der Waals surface area contributed by atoms with E-state index in [-0.39, 0.29) is 22.2 Å². The van der Waals surface area contributed by atoms with Gasteiger partial charge in [0.05, 0.1) is 16.1 Å². The lowest BCUT2D eigenvalue weighted by Gasteiger charge is -2.41. The Balaban J connectivity index is 1.99. The van der Waals surface area contributed by atoms with Gasteiger partial charge >= 0.3 is 6.18 Å². The van der Waals surface area contributed by atoms with Crippen LogP contribution < -0.4 is 5.32 Å². The number of rotatable bonds is 2. The van der Waals surface area contributed by atoms with Crippen LogP contribution in [0.3, 0.4) is 0 Å². The van der Waals surface area contributed by atoms with E-state index in [9.17, 15) is 18.0 Å². The molecule has 7 heteroatoms. The molecule has 0 spiro atoms. The molecule has 0 unspecified atom stereocenters. The van der Waals surface area contributed by atoms with Crippen LogP contribution >= 0.6 is 11.6 Å². The lowest BCUT2D eigenvalue weighted by atomic mass is 9.98. The van der Waals surface area contributed by atoms with Crippen LogP contribution in [0.2, 0.25) is 5.02 Å². The third-order valence-electron chi connectivity index (χ3n) is 4.32. The van der Waals surface area contributed by atoms with Crippen LogP contribution in [0, 0.1) is 0 Å². The molecule has 0 radical (unpaired) electrons. The molecule has 0 atom stereocenters. The fourth-order valence-electron chi connectivity index (χ4n) is 2.83. The molecule has 1 aromatic carbocycles. The summed E-state index contributed by atoms with van der Waals surface area (Å²) in [6.07, 6.45) is -2.86. The number of hydrogen-bond acceptors (Lipinski definition) is 2. The molecule has 0 aromatic heterocycles. The molecule has 24 heavy (non-hydrogen) atoms. The van der Waals surface area contributed by atoms with E-state index in [4.69, 9.17) is 11.6 Å². The van der Waals surface area contributed by atoms with Crippen LogP contribution in [-0.4, -0.2) is 35.5 Å². The highest BCUT2D eigenvalue weighted by atomic mass is 35.5. The fraction of sp³-hybridized carbons (Fsp3) is 0.588. The van der Waals surface area contributed by atoms with Crippen LogP contribution in [0.15, 0.2) is 18.2 Å². The summed E-state index contributed by atoms with van der Waals surface area (Å²) in [5, 5.41) is 2.69. The molecule has 1 aliphatic rings. The Morgan fingerprint density at radius 1 is 1.21 bits per heavy atom. The van der Waals surface area contributed by atoms with Gasteiger partial charge in [0, 0.05) is 24.7 Å². The quantitative estimate of drug-likeness (QED) is 0.848. The molecule has 0 bridgehead atoms. The molecular formula is C17H22ClF3N2O. The van der Waals surface area contributed by atoms with E-state index < -0.39 is 17.6 Å². The summed E-state index contributed by atoms with van der Waals surface area (Å²) in [7, 11) is 0. The minimum atomic E-state index is -4.47. The van der Waals surface area contributed by atoms with E-state index in [1.165, 1.54) is 0 Å². The first-order valence-corrected chi connectivity index (χ1v) is 8.29. The van der Waals surface area contributed by atoms with Gasteiger partial charge < -0.3 is 5.32 Å². The van der Waals surface area contributed by atoms with E-state index in [1.807, 2.05) is 0 Å². The zero-order chi connectivity index (χ0) is 18.1. The molecular weight excluding hydrogens is 341 g/mol. The maximum atomic E-state index is 12.6. The van der Waals surface area contributed by atoms with E-state index >= 15 is 0 Å². The van der Waals surface area contributed by atoms with Crippen LogP contribution in [0.25, 0.3) is 0 Å². The number of nitrogens with zero attached hydrogens (tertiary/aromatic N) is 1. The second-order valence-electron chi connectivity index (χ2n) is 7.10. The van der Waals surface area contributed by atoms with Gasteiger partial charge in [0.1, 0.15) is 0 Å². The van der Waals surface area contributed by atoms with Crippen molar-refractivity contribution < 1.29 is 18.0 Å². The van der Waals surface area contributed by atoms with Gasteiger partial charge in [-0.1, -0.05) is 11.6 Å². The first kappa shape index (κ1) is 19.1. The van der Waals surface area contributed by atoms with Crippen molar-refractivity contribution in [2.75, 3.05) is 13.1 Å². The van der Waals surface area contributed by atoms with Gasteiger partial charge in [-0.25, -0.2) is 0 Å². The summed E-state index contributed by atoms with van der Waals surface area (Å²) in [6.45, 7) is 8.18. The number of likely N-dealkylation sites (tertiary alicyclic amines) is 1. The fourth-order valence-corrected chi connectivity index (χ4v) is 3.10. The highest BCUT2D eigenvalue weighted by Gasteiger charge is 2.32. The summed E-state index contributed by atoms with van der Waals surface area (Å²) in [5.74, 6) is -0.428. The number of piperidine rings is 1. The van der Waals surface area contributed by atoms with Crippen molar-refractivity contribution in [2.45, 2.75) is 51.4 Å². The highest BCUT2D eigenvalue weighted by Crippen LogP contribution is 2.32. The third-order valence-corrected chi connectivity index (χ3v) is 4.63. The number of benzene rings is 1. The second-order valence-corrected chi connectivity index (χ2v) is 7.51. The summed E-state index contributed by atoms with van der Waals surface area (Å²) >= 11 is 5.86. The van der Waals surface area contributed by atoms with E-state index in [2.05, 4.69) is 31.0 Å². The molecule has 0 saturated carbocycles. The van der Waals surface area contributed by atoms with Crippen molar-refractivity contribution in [2.24, 2.45) is 0 Å². The standard InChI is InChI=1S/C17H22ClF3N2O/c1-16(2,3)23-8-6-12(7-9-23)22-15(24)13-5-4-11(10-14(13)18)17(19,20)21/h4-5,10,12H,6-9H2,1-3H3,(H,22,24). The highest BCUT2D eigenvalue weighted by molar-refractivity contribution is 6.33. The Hall–Kier alpha value is -1.27. The molecule has 2 rings (SSSR count). The molecule has 1 saturated heterocycles. The molecule has 1 aliphatic heterocycles. The van der Waals surface area contributed by atoms with Crippen LogP contribution in [-0.2, 0) is 6.18 Å². The van der Waals surface area contributed by atoms with Gasteiger partial charge in [-0.05, 0) is 51.8 Å². The van der Waals surface area contributed by atoms with Crippen molar-refractivity contribution in [3.63, 3.8) is 0 Å². The minimum absolute atomic E-state index is 0.00876. The zero-order valence-electron chi connectivity index (χ0n) is 14.0. The Labute approximate surface area is 145 Å². The largest absolute Gasteiger partial charge is 0.416 e. The van der Waals surface area contributed by atoms with Gasteiger partial charge in [0.25, 0.3) is 5.91 Å². The monoisotopic (exact) mass is 362 g/mol. The first-order chi connectivity index (χ1) is 11.0. The van der Waals surface area contributed by atoms with Gasteiger partial charge in [-0.15, -0.1) is 0 Å². The lowest BCUT2D eigenvalue weighted by Crippen LogP contribution is -2.50. The predicted molar refractivity (Wildman–Crippen MR) is 88.3 cm³/mol. The smallest absolute Gasteiger partial charge is 0.349 e. The molecule has 1 amide bonds. The second kappa shape index (κ2) is 6.92. The molecule has 1 heterocycles. The summed E-state index contributed by atoms with van der Waals surface area (Å²) < 4.78 is 37.9. The predicted octanol–water partition coefficient (Wildman–Crippen LogP) is 4.35.